The summed E-state index contributed by atoms with van der Waals surface area (Å²) in [7, 11) is 0. The van der Waals surface area contributed by atoms with Gasteiger partial charge >= 0.3 is 0 Å². The molecule has 0 saturated carbocycles. The van der Waals surface area contributed by atoms with Crippen LogP contribution in [0.15, 0.2) is 48.5 Å². The molecule has 0 amide bonds. The van der Waals surface area contributed by atoms with Crippen LogP contribution in [-0.2, 0) is 13.0 Å². The molecule has 0 aliphatic heterocycles. The van der Waals surface area contributed by atoms with Crippen molar-refractivity contribution in [3.8, 4) is 5.75 Å². The van der Waals surface area contributed by atoms with Crippen LogP contribution in [0.3, 0.4) is 0 Å². The molecule has 21 heavy (non-hydrogen) atoms. The van der Waals surface area contributed by atoms with E-state index in [2.05, 4.69) is 42.2 Å². The van der Waals surface area contributed by atoms with Crippen LogP contribution >= 0.6 is 0 Å². The van der Waals surface area contributed by atoms with E-state index in [1.807, 2.05) is 12.1 Å². The number of phenols is 1. The highest BCUT2D eigenvalue weighted by Crippen LogP contribution is 2.21. The zero-order chi connectivity index (χ0) is 15.1. The number of hydrogen-bond acceptors (Lipinski definition) is 3. The minimum absolute atomic E-state index is 0.165. The van der Waals surface area contributed by atoms with Crippen molar-refractivity contribution in [3.63, 3.8) is 0 Å². The lowest BCUT2D eigenvalue weighted by molar-refractivity contribution is 0.276. The molecule has 3 heteroatoms. The quantitative estimate of drug-likeness (QED) is 0.605. The summed E-state index contributed by atoms with van der Waals surface area (Å²) >= 11 is 0. The van der Waals surface area contributed by atoms with Crippen LogP contribution in [-0.4, -0.2) is 23.1 Å². The van der Waals surface area contributed by atoms with Gasteiger partial charge in [-0.2, -0.15) is 0 Å². The number of aromatic hydroxyl groups is 1. The maximum Gasteiger partial charge on any atom is 0.138 e. The maximum absolute atomic E-state index is 9.43. The molecule has 2 rings (SSSR count). The third-order valence-corrected chi connectivity index (χ3v) is 3.73. The molecular weight excluding hydrogens is 260 g/mol. The van der Waals surface area contributed by atoms with Gasteiger partial charge in [-0.3, -0.25) is 4.90 Å². The molecular formula is C18H24N2O. The van der Waals surface area contributed by atoms with Gasteiger partial charge in [0.05, 0.1) is 5.69 Å². The SMILES string of the molecule is CCN(CCCc1ccc(O)c(N)c1)Cc1ccccc1. The molecule has 0 aromatic heterocycles. The molecule has 3 N–H and O–H groups in total. The first-order valence-corrected chi connectivity index (χ1v) is 7.52. The van der Waals surface area contributed by atoms with Crippen molar-refractivity contribution in [1.29, 1.82) is 0 Å². The predicted octanol–water partition coefficient (Wildman–Crippen LogP) is 3.43. The van der Waals surface area contributed by atoms with Crippen molar-refractivity contribution in [2.45, 2.75) is 26.3 Å². The van der Waals surface area contributed by atoms with Crippen LogP contribution in [0.1, 0.15) is 24.5 Å². The summed E-state index contributed by atoms with van der Waals surface area (Å²) in [5.74, 6) is 0.165. The molecule has 0 atom stereocenters. The lowest BCUT2D eigenvalue weighted by atomic mass is 10.1. The number of aryl methyl sites for hydroxylation is 1. The molecule has 0 spiro atoms. The zero-order valence-electron chi connectivity index (χ0n) is 12.6. The first-order valence-electron chi connectivity index (χ1n) is 7.52. The summed E-state index contributed by atoms with van der Waals surface area (Å²) in [5.41, 5.74) is 8.72. The Morgan fingerprint density at radius 3 is 2.48 bits per heavy atom. The highest BCUT2D eigenvalue weighted by Gasteiger charge is 2.04. The van der Waals surface area contributed by atoms with Crippen LogP contribution in [0.2, 0.25) is 0 Å². The Morgan fingerprint density at radius 2 is 1.81 bits per heavy atom. The molecule has 0 fully saturated rings. The van der Waals surface area contributed by atoms with Crippen molar-refractivity contribution < 1.29 is 5.11 Å². The largest absolute Gasteiger partial charge is 0.506 e. The molecule has 0 aliphatic carbocycles. The van der Waals surface area contributed by atoms with Crippen LogP contribution in [0.5, 0.6) is 5.75 Å². The van der Waals surface area contributed by atoms with Gasteiger partial charge in [0, 0.05) is 6.54 Å². The van der Waals surface area contributed by atoms with Gasteiger partial charge in [-0.05, 0) is 49.2 Å². The molecule has 0 saturated heterocycles. The van der Waals surface area contributed by atoms with E-state index in [0.29, 0.717) is 5.69 Å². The van der Waals surface area contributed by atoms with E-state index in [-0.39, 0.29) is 5.75 Å². The average molecular weight is 284 g/mol. The normalized spacial score (nSPS) is 11.0. The van der Waals surface area contributed by atoms with Crippen LogP contribution in [0, 0.1) is 0 Å². The van der Waals surface area contributed by atoms with Crippen molar-refractivity contribution in [2.75, 3.05) is 18.8 Å². The molecule has 112 valence electrons. The molecule has 0 heterocycles. The lowest BCUT2D eigenvalue weighted by Crippen LogP contribution is -2.24. The molecule has 0 unspecified atom stereocenters. The second-order valence-electron chi connectivity index (χ2n) is 5.35. The van der Waals surface area contributed by atoms with Gasteiger partial charge in [0.1, 0.15) is 5.75 Å². The molecule has 3 nitrogen and oxygen atoms in total. The first kappa shape index (κ1) is 15.4. The van der Waals surface area contributed by atoms with Crippen LogP contribution < -0.4 is 5.73 Å². The number of anilines is 1. The van der Waals surface area contributed by atoms with Gasteiger partial charge in [0.2, 0.25) is 0 Å². The van der Waals surface area contributed by atoms with Crippen LogP contribution in [0.4, 0.5) is 5.69 Å². The molecule has 0 radical (unpaired) electrons. The van der Waals surface area contributed by atoms with E-state index in [0.717, 1.165) is 32.5 Å². The second kappa shape index (κ2) is 7.70. The molecule has 2 aromatic carbocycles. The highest BCUT2D eigenvalue weighted by atomic mass is 16.3. The Balaban J connectivity index is 1.81. The first-order chi connectivity index (χ1) is 10.2. The minimum atomic E-state index is 0.165. The van der Waals surface area contributed by atoms with Crippen molar-refractivity contribution in [1.82, 2.24) is 4.90 Å². The minimum Gasteiger partial charge on any atom is -0.506 e. The van der Waals surface area contributed by atoms with Gasteiger partial charge in [0.15, 0.2) is 0 Å². The van der Waals surface area contributed by atoms with Gasteiger partial charge in [-0.15, -0.1) is 0 Å². The highest BCUT2D eigenvalue weighted by molar-refractivity contribution is 5.53. The Bertz CT molecular complexity index is 554. The Labute approximate surface area is 127 Å². The molecule has 0 bridgehead atoms. The predicted molar refractivity (Wildman–Crippen MR) is 88.2 cm³/mol. The Morgan fingerprint density at radius 1 is 1.05 bits per heavy atom. The fraction of sp³-hybridized carbons (Fsp3) is 0.333. The summed E-state index contributed by atoms with van der Waals surface area (Å²) in [4.78, 5) is 2.44. The topological polar surface area (TPSA) is 49.5 Å². The fourth-order valence-corrected chi connectivity index (χ4v) is 2.46. The fourth-order valence-electron chi connectivity index (χ4n) is 2.46. The Kier molecular flexibility index (Phi) is 5.64. The monoisotopic (exact) mass is 284 g/mol. The van der Waals surface area contributed by atoms with Crippen molar-refractivity contribution in [3.05, 3.63) is 59.7 Å². The summed E-state index contributed by atoms with van der Waals surface area (Å²) in [6.45, 7) is 5.30. The van der Waals surface area contributed by atoms with Gasteiger partial charge in [-0.25, -0.2) is 0 Å². The van der Waals surface area contributed by atoms with Crippen molar-refractivity contribution >= 4 is 5.69 Å². The average Bonchev–Trinajstić information content (AvgIpc) is 2.51. The molecule has 2 aromatic rings. The second-order valence-corrected chi connectivity index (χ2v) is 5.35. The van der Waals surface area contributed by atoms with E-state index < -0.39 is 0 Å². The number of nitrogen functional groups attached to an aromatic ring is 1. The number of hydrogen-bond donors (Lipinski definition) is 2. The summed E-state index contributed by atoms with van der Waals surface area (Å²) in [5, 5.41) is 9.43. The summed E-state index contributed by atoms with van der Waals surface area (Å²) in [6, 6.07) is 16.0. The van der Waals surface area contributed by atoms with E-state index in [1.165, 1.54) is 11.1 Å². The third-order valence-electron chi connectivity index (χ3n) is 3.73. The van der Waals surface area contributed by atoms with Crippen LogP contribution in [0.25, 0.3) is 0 Å². The lowest BCUT2D eigenvalue weighted by Gasteiger charge is -2.20. The van der Waals surface area contributed by atoms with Crippen molar-refractivity contribution in [2.24, 2.45) is 0 Å². The molecule has 0 aliphatic rings. The van der Waals surface area contributed by atoms with Gasteiger partial charge in [-0.1, -0.05) is 43.3 Å². The Hall–Kier alpha value is -2.00. The van der Waals surface area contributed by atoms with Gasteiger partial charge in [0.25, 0.3) is 0 Å². The number of nitrogens with two attached hydrogens (primary N) is 1. The smallest absolute Gasteiger partial charge is 0.138 e. The number of nitrogens with zero attached hydrogens (tertiary/aromatic N) is 1. The number of phenolic OH excluding ortho intramolecular Hbond substituents is 1. The van der Waals surface area contributed by atoms with E-state index >= 15 is 0 Å². The standard InChI is InChI=1S/C18H24N2O/c1-2-20(14-16-7-4-3-5-8-16)12-6-9-15-10-11-18(21)17(19)13-15/h3-5,7-8,10-11,13,21H,2,6,9,12,14,19H2,1H3. The third kappa shape index (κ3) is 4.80. The zero-order valence-corrected chi connectivity index (χ0v) is 12.6. The van der Waals surface area contributed by atoms with E-state index in [4.69, 9.17) is 5.73 Å². The van der Waals surface area contributed by atoms with Gasteiger partial charge < -0.3 is 10.8 Å². The van der Waals surface area contributed by atoms with E-state index in [9.17, 15) is 5.11 Å². The van der Waals surface area contributed by atoms with E-state index in [1.54, 1.807) is 6.07 Å². The maximum atomic E-state index is 9.43. The summed E-state index contributed by atoms with van der Waals surface area (Å²) in [6.07, 6.45) is 2.07. The number of rotatable bonds is 7. The summed E-state index contributed by atoms with van der Waals surface area (Å²) < 4.78 is 0. The number of benzene rings is 2.